The zero-order valence-corrected chi connectivity index (χ0v) is 14.9. The summed E-state index contributed by atoms with van der Waals surface area (Å²) in [7, 11) is 0. The molecule has 0 bridgehead atoms. The van der Waals surface area contributed by atoms with E-state index in [-0.39, 0.29) is 17.7 Å². The Morgan fingerprint density at radius 3 is 2.35 bits per heavy atom. The number of hydrogen-bond acceptors (Lipinski definition) is 4. The Hall–Kier alpha value is -2.31. The van der Waals surface area contributed by atoms with Gasteiger partial charge in [-0.2, -0.15) is 13.2 Å². The maximum absolute atomic E-state index is 13.1. The first-order valence-electron chi connectivity index (χ1n) is 8.52. The molecule has 0 saturated carbocycles. The first kappa shape index (κ1) is 21.7. The lowest BCUT2D eigenvalue weighted by molar-refractivity contribution is -0.132. The van der Waals surface area contributed by atoms with Crippen molar-refractivity contribution < 1.29 is 32.2 Å². The summed E-state index contributed by atoms with van der Waals surface area (Å²) in [6.45, 7) is 3.18. The maximum Gasteiger partial charge on any atom is 0.449 e. The van der Waals surface area contributed by atoms with E-state index in [1.165, 1.54) is 24.3 Å². The van der Waals surface area contributed by atoms with Crippen LogP contribution in [-0.2, 0) is 9.53 Å². The van der Waals surface area contributed by atoms with Crippen molar-refractivity contribution in [1.82, 2.24) is 0 Å². The summed E-state index contributed by atoms with van der Waals surface area (Å²) < 4.78 is 48.7. The molecule has 0 aromatic heterocycles. The molecule has 7 heteroatoms. The second-order valence-corrected chi connectivity index (χ2v) is 5.75. The van der Waals surface area contributed by atoms with Gasteiger partial charge in [-0.1, -0.05) is 44.7 Å². The van der Waals surface area contributed by atoms with E-state index in [1.807, 2.05) is 0 Å². The molecule has 144 valence electrons. The molecular weight excluding hydrogens is 349 g/mol. The second-order valence-electron chi connectivity index (χ2n) is 5.75. The van der Waals surface area contributed by atoms with Gasteiger partial charge in [0.2, 0.25) is 5.76 Å². The minimum Gasteiger partial charge on any atom is -0.426 e. The molecular formula is C19H23F3O4. The molecule has 0 aliphatic heterocycles. The standard InChI is InChI=1S/C19H23F3O4/c1-3-4-5-6-7-8-13-17(19(20,21)22)26-18(24)15-11-9-10-12-16(15)25-14(2)23/h9-13H,3-8H2,1-2H3/b17-13+. The molecule has 0 atom stereocenters. The van der Waals surface area contributed by atoms with Crippen molar-refractivity contribution in [3.05, 3.63) is 41.7 Å². The molecule has 0 radical (unpaired) electrons. The van der Waals surface area contributed by atoms with Gasteiger partial charge in [-0.15, -0.1) is 0 Å². The first-order valence-corrected chi connectivity index (χ1v) is 8.52. The highest BCUT2D eigenvalue weighted by molar-refractivity contribution is 5.94. The molecule has 26 heavy (non-hydrogen) atoms. The highest BCUT2D eigenvalue weighted by Crippen LogP contribution is 2.29. The molecule has 0 unspecified atom stereocenters. The van der Waals surface area contributed by atoms with E-state index in [1.54, 1.807) is 0 Å². The van der Waals surface area contributed by atoms with Gasteiger partial charge in [-0.3, -0.25) is 4.79 Å². The van der Waals surface area contributed by atoms with E-state index < -0.39 is 23.9 Å². The number of unbranched alkanes of at least 4 members (excludes halogenated alkanes) is 5. The van der Waals surface area contributed by atoms with E-state index in [0.29, 0.717) is 6.42 Å². The highest BCUT2D eigenvalue weighted by atomic mass is 19.4. The van der Waals surface area contributed by atoms with Gasteiger partial charge in [-0.25, -0.2) is 4.79 Å². The Labute approximate surface area is 151 Å². The topological polar surface area (TPSA) is 52.6 Å². The molecule has 0 aliphatic rings. The number of hydrogen-bond donors (Lipinski definition) is 0. The van der Waals surface area contributed by atoms with Crippen molar-refractivity contribution in [1.29, 1.82) is 0 Å². The zero-order valence-electron chi connectivity index (χ0n) is 14.9. The number of ether oxygens (including phenoxy) is 2. The lowest BCUT2D eigenvalue weighted by atomic mass is 10.1. The fraction of sp³-hybridized carbons (Fsp3) is 0.474. The lowest BCUT2D eigenvalue weighted by Gasteiger charge is -2.13. The highest BCUT2D eigenvalue weighted by Gasteiger charge is 2.37. The van der Waals surface area contributed by atoms with Crippen LogP contribution in [0.2, 0.25) is 0 Å². The summed E-state index contributed by atoms with van der Waals surface area (Å²) in [5.41, 5.74) is -0.249. The molecule has 0 heterocycles. The Morgan fingerprint density at radius 2 is 1.73 bits per heavy atom. The number of carbonyl (C=O) groups excluding carboxylic acids is 2. The molecule has 1 aromatic carbocycles. The lowest BCUT2D eigenvalue weighted by Crippen LogP contribution is -2.19. The molecule has 0 spiro atoms. The fourth-order valence-corrected chi connectivity index (χ4v) is 2.23. The van der Waals surface area contributed by atoms with Gasteiger partial charge in [-0.05, 0) is 31.1 Å². The van der Waals surface area contributed by atoms with E-state index in [9.17, 15) is 22.8 Å². The third-order valence-electron chi connectivity index (χ3n) is 3.48. The Kier molecular flexibility index (Phi) is 8.88. The van der Waals surface area contributed by atoms with Crippen LogP contribution in [0.5, 0.6) is 5.75 Å². The van der Waals surface area contributed by atoms with Crippen LogP contribution in [0, 0.1) is 0 Å². The minimum atomic E-state index is -4.78. The van der Waals surface area contributed by atoms with Gasteiger partial charge >= 0.3 is 18.1 Å². The number of carbonyl (C=O) groups is 2. The van der Waals surface area contributed by atoms with Crippen LogP contribution in [0.1, 0.15) is 62.7 Å². The number of halogens is 3. The first-order chi connectivity index (χ1) is 12.3. The summed E-state index contributed by atoms with van der Waals surface area (Å²) in [6.07, 6.45) is 0.715. The normalized spacial score (nSPS) is 12.0. The van der Waals surface area contributed by atoms with Crippen molar-refractivity contribution in [2.45, 2.75) is 58.5 Å². The smallest absolute Gasteiger partial charge is 0.426 e. The molecule has 1 rings (SSSR count). The van der Waals surface area contributed by atoms with E-state index in [4.69, 9.17) is 4.74 Å². The summed E-state index contributed by atoms with van der Waals surface area (Å²) in [6, 6.07) is 5.47. The van der Waals surface area contributed by atoms with E-state index in [2.05, 4.69) is 11.7 Å². The molecule has 1 aromatic rings. The Bertz CT molecular complexity index is 636. The van der Waals surface area contributed by atoms with Crippen molar-refractivity contribution in [3.63, 3.8) is 0 Å². The SMILES string of the molecule is CCCCCCC/C=C(/OC(=O)c1ccccc1OC(C)=O)C(F)(F)F. The Balaban J connectivity index is 2.82. The Morgan fingerprint density at radius 1 is 1.08 bits per heavy atom. The predicted octanol–water partition coefficient (Wildman–Crippen LogP) is 5.58. The van der Waals surface area contributed by atoms with Crippen molar-refractivity contribution >= 4 is 11.9 Å². The van der Waals surface area contributed by atoms with Crippen LogP contribution in [0.25, 0.3) is 0 Å². The molecule has 4 nitrogen and oxygen atoms in total. The number of rotatable bonds is 9. The molecule has 0 saturated heterocycles. The summed E-state index contributed by atoms with van der Waals surface area (Å²) in [4.78, 5) is 23.2. The minimum absolute atomic E-state index is 0.147. The molecule has 0 aliphatic carbocycles. The van der Waals surface area contributed by atoms with E-state index >= 15 is 0 Å². The summed E-state index contributed by atoms with van der Waals surface area (Å²) in [5, 5.41) is 0. The van der Waals surface area contributed by atoms with Crippen molar-refractivity contribution in [2.24, 2.45) is 0 Å². The van der Waals surface area contributed by atoms with Crippen molar-refractivity contribution in [3.8, 4) is 5.75 Å². The number of benzene rings is 1. The summed E-state index contributed by atoms with van der Waals surface area (Å²) >= 11 is 0. The van der Waals surface area contributed by atoms with Crippen LogP contribution in [0.4, 0.5) is 13.2 Å². The average molecular weight is 372 g/mol. The maximum atomic E-state index is 13.1. The molecule has 0 amide bonds. The van der Waals surface area contributed by atoms with E-state index in [0.717, 1.165) is 38.7 Å². The van der Waals surface area contributed by atoms with Crippen molar-refractivity contribution in [2.75, 3.05) is 0 Å². The van der Waals surface area contributed by atoms with Crippen LogP contribution < -0.4 is 4.74 Å². The average Bonchev–Trinajstić information content (AvgIpc) is 2.55. The van der Waals surface area contributed by atoms with Crippen LogP contribution in [0.15, 0.2) is 36.1 Å². The number of allylic oxidation sites excluding steroid dienone is 2. The quantitative estimate of drug-likeness (QED) is 0.246. The van der Waals surface area contributed by atoms with Crippen LogP contribution in [-0.4, -0.2) is 18.1 Å². The molecule has 0 N–H and O–H groups in total. The third kappa shape index (κ3) is 7.72. The van der Waals surface area contributed by atoms with Gasteiger partial charge in [0.25, 0.3) is 0 Å². The number of para-hydroxylation sites is 1. The fourth-order valence-electron chi connectivity index (χ4n) is 2.23. The van der Waals surface area contributed by atoms with Crippen LogP contribution in [0.3, 0.4) is 0 Å². The second kappa shape index (κ2) is 10.6. The van der Waals surface area contributed by atoms with Gasteiger partial charge in [0.15, 0.2) is 0 Å². The largest absolute Gasteiger partial charge is 0.449 e. The van der Waals surface area contributed by atoms with Gasteiger partial charge in [0.1, 0.15) is 11.3 Å². The van der Waals surface area contributed by atoms with Crippen LogP contribution >= 0.6 is 0 Å². The van der Waals surface area contributed by atoms with Gasteiger partial charge in [0, 0.05) is 6.92 Å². The summed E-state index contributed by atoms with van der Waals surface area (Å²) in [5.74, 6) is -3.41. The number of esters is 2. The number of alkyl halides is 3. The van der Waals surface area contributed by atoms with Gasteiger partial charge in [0.05, 0.1) is 0 Å². The zero-order chi connectivity index (χ0) is 19.6. The monoisotopic (exact) mass is 372 g/mol. The molecule has 0 fully saturated rings. The van der Waals surface area contributed by atoms with Gasteiger partial charge < -0.3 is 9.47 Å². The predicted molar refractivity (Wildman–Crippen MR) is 90.7 cm³/mol. The third-order valence-corrected chi connectivity index (χ3v) is 3.48.